The van der Waals surface area contributed by atoms with E-state index in [0.29, 0.717) is 27.0 Å². The van der Waals surface area contributed by atoms with Crippen LogP contribution in [0.15, 0.2) is 51.6 Å². The van der Waals surface area contributed by atoms with Gasteiger partial charge in [0.15, 0.2) is 0 Å². The quantitative estimate of drug-likeness (QED) is 0.772. The van der Waals surface area contributed by atoms with E-state index in [4.69, 9.17) is 10.3 Å². The molecule has 0 radical (unpaired) electrons. The maximum absolute atomic E-state index is 13.5. The maximum atomic E-state index is 13.5. The van der Waals surface area contributed by atoms with Crippen molar-refractivity contribution >= 4 is 21.8 Å². The van der Waals surface area contributed by atoms with Gasteiger partial charge in [0, 0.05) is 16.2 Å². The summed E-state index contributed by atoms with van der Waals surface area (Å²) < 4.78 is 19.2. The Balaban J connectivity index is 2.21. The van der Waals surface area contributed by atoms with Gasteiger partial charge in [-0.1, -0.05) is 27.2 Å². The number of nitrogen functional groups attached to an aromatic ring is 1. The summed E-state index contributed by atoms with van der Waals surface area (Å²) in [6.07, 6.45) is 1.65. The van der Waals surface area contributed by atoms with Crippen LogP contribution in [0.3, 0.4) is 0 Å². The molecule has 0 atom stereocenters. The van der Waals surface area contributed by atoms with E-state index in [1.165, 1.54) is 12.1 Å². The van der Waals surface area contributed by atoms with Gasteiger partial charge in [-0.25, -0.2) is 4.39 Å². The third kappa shape index (κ3) is 2.30. The summed E-state index contributed by atoms with van der Waals surface area (Å²) in [5.74, 6) is -0.220. The standard InChI is InChI=1S/C14H9BrFN3O/c15-9-5-8(6-10(16)7-9)13-12(14(17)20-19-13)11-3-1-2-4-18-11/h1-7H,17H2. The van der Waals surface area contributed by atoms with Crippen molar-refractivity contribution in [2.45, 2.75) is 0 Å². The molecule has 6 heteroatoms. The summed E-state index contributed by atoms with van der Waals surface area (Å²) in [4.78, 5) is 4.23. The first-order chi connectivity index (χ1) is 9.65. The predicted octanol–water partition coefficient (Wildman–Crippen LogP) is 3.89. The number of aromatic nitrogens is 2. The fraction of sp³-hybridized carbons (Fsp3) is 0. The molecule has 0 aliphatic carbocycles. The van der Waals surface area contributed by atoms with Crippen LogP contribution in [-0.2, 0) is 0 Å². The number of hydrogen-bond acceptors (Lipinski definition) is 4. The van der Waals surface area contributed by atoms with Gasteiger partial charge in [-0.2, -0.15) is 0 Å². The molecule has 0 spiro atoms. The molecule has 0 saturated carbocycles. The lowest BCUT2D eigenvalue weighted by Crippen LogP contribution is -1.90. The van der Waals surface area contributed by atoms with Crippen molar-refractivity contribution in [3.63, 3.8) is 0 Å². The monoisotopic (exact) mass is 333 g/mol. The summed E-state index contributed by atoms with van der Waals surface area (Å²) in [5, 5.41) is 3.92. The van der Waals surface area contributed by atoms with Gasteiger partial charge in [0.05, 0.1) is 11.3 Å². The summed E-state index contributed by atoms with van der Waals surface area (Å²) >= 11 is 3.25. The molecule has 3 aromatic rings. The van der Waals surface area contributed by atoms with Gasteiger partial charge in [0.2, 0.25) is 5.88 Å². The summed E-state index contributed by atoms with van der Waals surface area (Å²) in [6, 6.07) is 9.90. The van der Waals surface area contributed by atoms with E-state index in [1.54, 1.807) is 24.4 Å². The Kier molecular flexibility index (Phi) is 3.23. The molecule has 4 nitrogen and oxygen atoms in total. The first-order valence-electron chi connectivity index (χ1n) is 5.78. The van der Waals surface area contributed by atoms with Crippen LogP contribution in [0.5, 0.6) is 0 Å². The summed E-state index contributed by atoms with van der Waals surface area (Å²) in [7, 11) is 0. The number of rotatable bonds is 2. The topological polar surface area (TPSA) is 64.9 Å². The van der Waals surface area contributed by atoms with Gasteiger partial charge in [-0.15, -0.1) is 0 Å². The zero-order chi connectivity index (χ0) is 14.1. The van der Waals surface area contributed by atoms with E-state index < -0.39 is 0 Å². The lowest BCUT2D eigenvalue weighted by Gasteiger charge is -2.03. The van der Waals surface area contributed by atoms with E-state index in [2.05, 4.69) is 26.1 Å². The highest BCUT2D eigenvalue weighted by molar-refractivity contribution is 9.10. The highest BCUT2D eigenvalue weighted by Gasteiger charge is 2.19. The average Bonchev–Trinajstić information content (AvgIpc) is 2.80. The molecule has 0 bridgehead atoms. The average molecular weight is 334 g/mol. The van der Waals surface area contributed by atoms with Crippen molar-refractivity contribution < 1.29 is 8.91 Å². The molecule has 2 heterocycles. The number of hydrogen-bond donors (Lipinski definition) is 1. The molecule has 2 aromatic heterocycles. The predicted molar refractivity (Wildman–Crippen MR) is 77.2 cm³/mol. The molecule has 0 unspecified atom stereocenters. The molecule has 2 N–H and O–H groups in total. The molecule has 0 amide bonds. The highest BCUT2D eigenvalue weighted by Crippen LogP contribution is 2.36. The van der Waals surface area contributed by atoms with Crippen LogP contribution in [-0.4, -0.2) is 10.1 Å². The first kappa shape index (κ1) is 12.8. The largest absolute Gasteiger partial charge is 0.367 e. The SMILES string of the molecule is Nc1onc(-c2cc(F)cc(Br)c2)c1-c1ccccn1. The lowest BCUT2D eigenvalue weighted by atomic mass is 10.0. The number of anilines is 1. The number of pyridine rings is 1. The van der Waals surface area contributed by atoms with E-state index in [9.17, 15) is 4.39 Å². The Labute approximate surface area is 122 Å². The van der Waals surface area contributed by atoms with E-state index >= 15 is 0 Å². The van der Waals surface area contributed by atoms with E-state index in [1.807, 2.05) is 6.07 Å². The molecule has 0 aliphatic rings. The van der Waals surface area contributed by atoms with Crippen molar-refractivity contribution in [3.8, 4) is 22.5 Å². The van der Waals surface area contributed by atoms with Crippen molar-refractivity contribution in [1.29, 1.82) is 0 Å². The first-order valence-corrected chi connectivity index (χ1v) is 6.57. The van der Waals surface area contributed by atoms with Gasteiger partial charge in [0.25, 0.3) is 0 Å². The minimum atomic E-state index is -0.372. The highest BCUT2D eigenvalue weighted by atomic mass is 79.9. The number of halogens is 2. The second kappa shape index (κ2) is 5.05. The fourth-order valence-corrected chi connectivity index (χ4v) is 2.41. The van der Waals surface area contributed by atoms with Gasteiger partial charge in [0.1, 0.15) is 11.5 Å². The minimum absolute atomic E-state index is 0.152. The van der Waals surface area contributed by atoms with Crippen LogP contribution in [0.1, 0.15) is 0 Å². The molecule has 3 rings (SSSR count). The van der Waals surface area contributed by atoms with Gasteiger partial charge < -0.3 is 10.3 Å². The second-order valence-corrected chi connectivity index (χ2v) is 5.06. The molecule has 1 aromatic carbocycles. The maximum Gasteiger partial charge on any atom is 0.232 e. The van der Waals surface area contributed by atoms with Gasteiger partial charge >= 0.3 is 0 Å². The van der Waals surface area contributed by atoms with Crippen LogP contribution in [0.2, 0.25) is 0 Å². The fourth-order valence-electron chi connectivity index (χ4n) is 1.95. The van der Waals surface area contributed by atoms with Crippen LogP contribution >= 0.6 is 15.9 Å². The van der Waals surface area contributed by atoms with Crippen molar-refractivity contribution in [3.05, 3.63) is 52.9 Å². The van der Waals surface area contributed by atoms with Crippen molar-refractivity contribution in [2.24, 2.45) is 0 Å². The minimum Gasteiger partial charge on any atom is -0.367 e. The Hall–Kier alpha value is -2.21. The normalized spacial score (nSPS) is 10.7. The molecule has 0 saturated heterocycles. The molecule has 0 aliphatic heterocycles. The summed E-state index contributed by atoms with van der Waals surface area (Å²) in [5.41, 5.74) is 8.02. The smallest absolute Gasteiger partial charge is 0.232 e. The van der Waals surface area contributed by atoms with Gasteiger partial charge in [-0.05, 0) is 30.3 Å². The Bertz CT molecular complexity index is 738. The van der Waals surface area contributed by atoms with Crippen LogP contribution in [0.25, 0.3) is 22.5 Å². The van der Waals surface area contributed by atoms with Crippen LogP contribution in [0.4, 0.5) is 10.3 Å². The van der Waals surface area contributed by atoms with Crippen molar-refractivity contribution in [1.82, 2.24) is 10.1 Å². The number of nitrogens with zero attached hydrogens (tertiary/aromatic N) is 2. The Morgan fingerprint density at radius 1 is 1.20 bits per heavy atom. The van der Waals surface area contributed by atoms with E-state index in [-0.39, 0.29) is 11.7 Å². The summed E-state index contributed by atoms with van der Waals surface area (Å²) in [6.45, 7) is 0. The molecule has 0 fully saturated rings. The second-order valence-electron chi connectivity index (χ2n) is 4.14. The van der Waals surface area contributed by atoms with Crippen LogP contribution < -0.4 is 5.73 Å². The molecular weight excluding hydrogens is 325 g/mol. The third-order valence-corrected chi connectivity index (χ3v) is 3.23. The zero-order valence-electron chi connectivity index (χ0n) is 10.2. The molecule has 20 heavy (non-hydrogen) atoms. The lowest BCUT2D eigenvalue weighted by molar-refractivity contribution is 0.439. The number of benzene rings is 1. The Morgan fingerprint density at radius 2 is 2.05 bits per heavy atom. The molecule has 100 valence electrons. The third-order valence-electron chi connectivity index (χ3n) is 2.78. The van der Waals surface area contributed by atoms with E-state index in [0.717, 1.165) is 0 Å². The van der Waals surface area contributed by atoms with Gasteiger partial charge in [-0.3, -0.25) is 4.98 Å². The van der Waals surface area contributed by atoms with Crippen LogP contribution in [0, 0.1) is 5.82 Å². The van der Waals surface area contributed by atoms with Crippen molar-refractivity contribution in [2.75, 3.05) is 5.73 Å². The Morgan fingerprint density at radius 3 is 2.75 bits per heavy atom. The zero-order valence-corrected chi connectivity index (χ0v) is 11.8. The number of nitrogens with two attached hydrogens (primary N) is 1. The molecular formula is C14H9BrFN3O.